The van der Waals surface area contributed by atoms with Crippen molar-refractivity contribution in [2.45, 2.75) is 59.7 Å². The molecule has 1 N–H and O–H groups in total. The third kappa shape index (κ3) is 5.00. The quantitative estimate of drug-likeness (QED) is 0.824. The van der Waals surface area contributed by atoms with Gasteiger partial charge in [-0.05, 0) is 31.9 Å². The highest BCUT2D eigenvalue weighted by atomic mass is 35.5. The molecule has 0 saturated carbocycles. The lowest BCUT2D eigenvalue weighted by atomic mass is 10.2. The summed E-state index contributed by atoms with van der Waals surface area (Å²) in [5, 5.41) is 4.11. The molecule has 1 heterocycles. The molecule has 0 atom stereocenters. The first kappa shape index (κ1) is 16.3. The minimum Gasteiger partial charge on any atom is -0.353 e. The number of pyridine rings is 1. The van der Waals surface area contributed by atoms with Gasteiger partial charge in [-0.15, -0.1) is 0 Å². The Bertz CT molecular complexity index is 391. The zero-order chi connectivity index (χ0) is 14.4. The van der Waals surface area contributed by atoms with Crippen LogP contribution in [0.3, 0.4) is 0 Å². The van der Waals surface area contributed by atoms with Gasteiger partial charge in [-0.3, -0.25) is 0 Å². The van der Waals surface area contributed by atoms with E-state index in [-0.39, 0.29) is 0 Å². The highest BCUT2D eigenvalue weighted by Gasteiger charge is 2.14. The molecule has 1 rings (SSSR count). The maximum absolute atomic E-state index is 6.39. The molecule has 0 aliphatic rings. The number of hydrogen-bond donors (Lipinski definition) is 1. The zero-order valence-corrected chi connectivity index (χ0v) is 13.5. The number of nitrogens with one attached hydrogen (secondary N) is 1. The number of aromatic nitrogens is 1. The Hall–Kier alpha value is -0.800. The lowest BCUT2D eigenvalue weighted by molar-refractivity contribution is 0.587. The highest BCUT2D eigenvalue weighted by Crippen LogP contribution is 2.25. The Morgan fingerprint density at radius 2 is 2.00 bits per heavy atom. The van der Waals surface area contributed by atoms with Crippen LogP contribution >= 0.6 is 11.6 Å². The van der Waals surface area contributed by atoms with Gasteiger partial charge in [0.2, 0.25) is 0 Å². The average molecular weight is 284 g/mol. The van der Waals surface area contributed by atoms with Crippen LogP contribution in [0.5, 0.6) is 0 Å². The molecule has 0 fully saturated rings. The fraction of sp³-hybridized carbons (Fsp3) is 0.667. The molecule has 0 radical (unpaired) electrons. The van der Waals surface area contributed by atoms with E-state index in [9.17, 15) is 0 Å². The van der Waals surface area contributed by atoms with Crippen LogP contribution in [0, 0.1) is 0 Å². The monoisotopic (exact) mass is 283 g/mol. The van der Waals surface area contributed by atoms with Crippen LogP contribution in [0.25, 0.3) is 0 Å². The number of nitrogens with zero attached hydrogens (tertiary/aromatic N) is 2. The maximum Gasteiger partial charge on any atom is 0.147 e. The summed E-state index contributed by atoms with van der Waals surface area (Å²) in [5.41, 5.74) is 1.13. The molecule has 0 unspecified atom stereocenters. The molecule has 0 spiro atoms. The topological polar surface area (TPSA) is 28.2 Å². The summed E-state index contributed by atoms with van der Waals surface area (Å²) in [4.78, 5) is 6.80. The van der Waals surface area contributed by atoms with Crippen LogP contribution in [0.1, 0.15) is 46.6 Å². The Labute approximate surface area is 122 Å². The third-order valence-electron chi connectivity index (χ3n) is 2.95. The molecule has 3 nitrogen and oxygen atoms in total. The van der Waals surface area contributed by atoms with Gasteiger partial charge in [-0.2, -0.15) is 0 Å². The molecular formula is C15H26ClN3. The molecule has 1 aromatic heterocycles. The van der Waals surface area contributed by atoms with Gasteiger partial charge < -0.3 is 10.2 Å². The lowest BCUT2D eigenvalue weighted by Gasteiger charge is -2.28. The van der Waals surface area contributed by atoms with Crippen molar-refractivity contribution in [3.05, 3.63) is 22.8 Å². The number of hydrogen-bond acceptors (Lipinski definition) is 3. The van der Waals surface area contributed by atoms with E-state index in [0.717, 1.165) is 35.9 Å². The van der Waals surface area contributed by atoms with Crippen molar-refractivity contribution in [3.63, 3.8) is 0 Å². The number of halogens is 1. The summed E-state index contributed by atoms with van der Waals surface area (Å²) < 4.78 is 0. The minimum absolute atomic E-state index is 0.407. The normalized spacial score (nSPS) is 11.4. The van der Waals surface area contributed by atoms with Crippen molar-refractivity contribution in [3.8, 4) is 0 Å². The van der Waals surface area contributed by atoms with Crippen LogP contribution < -0.4 is 10.2 Å². The van der Waals surface area contributed by atoms with E-state index < -0.39 is 0 Å². The van der Waals surface area contributed by atoms with Gasteiger partial charge in [0.25, 0.3) is 0 Å². The molecule has 0 aliphatic carbocycles. The first-order valence-electron chi connectivity index (χ1n) is 7.10. The summed E-state index contributed by atoms with van der Waals surface area (Å²) in [7, 11) is 0. The van der Waals surface area contributed by atoms with Crippen LogP contribution in [-0.4, -0.2) is 23.6 Å². The Morgan fingerprint density at radius 3 is 2.47 bits per heavy atom. The van der Waals surface area contributed by atoms with Crippen LogP contribution in [0.2, 0.25) is 5.02 Å². The SMILES string of the molecule is CCCN(c1ncc(CNC(C)C)cc1Cl)C(C)C. The Kier molecular flexibility index (Phi) is 6.59. The van der Waals surface area contributed by atoms with Gasteiger partial charge in [0.1, 0.15) is 5.82 Å². The molecule has 0 aliphatic heterocycles. The number of rotatable bonds is 7. The smallest absolute Gasteiger partial charge is 0.147 e. The first-order chi connectivity index (χ1) is 8.95. The molecule has 0 aromatic carbocycles. The van der Waals surface area contributed by atoms with Gasteiger partial charge in [0, 0.05) is 31.4 Å². The average Bonchev–Trinajstić information content (AvgIpc) is 2.34. The molecule has 0 saturated heterocycles. The molecule has 0 amide bonds. The van der Waals surface area contributed by atoms with Crippen molar-refractivity contribution < 1.29 is 0 Å². The molecule has 108 valence electrons. The fourth-order valence-electron chi connectivity index (χ4n) is 1.95. The van der Waals surface area contributed by atoms with E-state index in [1.54, 1.807) is 0 Å². The summed E-state index contributed by atoms with van der Waals surface area (Å²) in [6.45, 7) is 12.6. The van der Waals surface area contributed by atoms with Crippen LogP contribution in [-0.2, 0) is 6.54 Å². The van der Waals surface area contributed by atoms with E-state index in [2.05, 4.69) is 49.8 Å². The molecule has 19 heavy (non-hydrogen) atoms. The predicted molar refractivity (Wildman–Crippen MR) is 84.0 cm³/mol. The van der Waals surface area contributed by atoms with Gasteiger partial charge in [-0.25, -0.2) is 4.98 Å². The van der Waals surface area contributed by atoms with Gasteiger partial charge in [0.15, 0.2) is 0 Å². The van der Waals surface area contributed by atoms with Crippen molar-refractivity contribution in [1.82, 2.24) is 10.3 Å². The molecule has 4 heteroatoms. The van der Waals surface area contributed by atoms with Crippen molar-refractivity contribution in [1.29, 1.82) is 0 Å². The fourth-order valence-corrected chi connectivity index (χ4v) is 2.25. The van der Waals surface area contributed by atoms with Crippen molar-refractivity contribution in [2.75, 3.05) is 11.4 Å². The summed E-state index contributed by atoms with van der Waals surface area (Å²) in [5.74, 6) is 0.895. The second-order valence-electron chi connectivity index (χ2n) is 5.47. The second-order valence-corrected chi connectivity index (χ2v) is 5.88. The zero-order valence-electron chi connectivity index (χ0n) is 12.7. The van der Waals surface area contributed by atoms with Gasteiger partial charge in [0.05, 0.1) is 5.02 Å². The van der Waals surface area contributed by atoms with E-state index in [1.165, 1.54) is 0 Å². The van der Waals surface area contributed by atoms with Crippen molar-refractivity contribution in [2.24, 2.45) is 0 Å². The van der Waals surface area contributed by atoms with E-state index in [1.807, 2.05) is 12.3 Å². The highest BCUT2D eigenvalue weighted by molar-refractivity contribution is 6.33. The maximum atomic E-state index is 6.39. The van der Waals surface area contributed by atoms with Crippen molar-refractivity contribution >= 4 is 17.4 Å². The summed E-state index contributed by atoms with van der Waals surface area (Å²) in [6, 6.07) is 2.89. The summed E-state index contributed by atoms with van der Waals surface area (Å²) >= 11 is 6.39. The molecular weight excluding hydrogens is 258 g/mol. The second kappa shape index (κ2) is 7.71. The van der Waals surface area contributed by atoms with Gasteiger partial charge >= 0.3 is 0 Å². The van der Waals surface area contributed by atoms with Crippen LogP contribution in [0.15, 0.2) is 12.3 Å². The standard InChI is InChI=1S/C15H26ClN3/c1-6-7-19(12(4)5)15-14(16)8-13(10-18-15)9-17-11(2)3/h8,10-12,17H,6-7,9H2,1-5H3. The van der Waals surface area contributed by atoms with E-state index in [0.29, 0.717) is 12.1 Å². The predicted octanol–water partition coefficient (Wildman–Crippen LogP) is 3.86. The summed E-state index contributed by atoms with van der Waals surface area (Å²) in [6.07, 6.45) is 3.01. The first-order valence-corrected chi connectivity index (χ1v) is 7.48. The van der Waals surface area contributed by atoms with E-state index >= 15 is 0 Å². The van der Waals surface area contributed by atoms with Crippen LogP contribution in [0.4, 0.5) is 5.82 Å². The largest absolute Gasteiger partial charge is 0.353 e. The lowest BCUT2D eigenvalue weighted by Crippen LogP contribution is -2.32. The Morgan fingerprint density at radius 1 is 1.32 bits per heavy atom. The number of anilines is 1. The minimum atomic E-state index is 0.407. The Balaban J connectivity index is 2.86. The third-order valence-corrected chi connectivity index (χ3v) is 3.23. The van der Waals surface area contributed by atoms with Gasteiger partial charge in [-0.1, -0.05) is 32.4 Å². The molecule has 1 aromatic rings. The van der Waals surface area contributed by atoms with E-state index in [4.69, 9.17) is 11.6 Å². The molecule has 0 bridgehead atoms.